The summed E-state index contributed by atoms with van der Waals surface area (Å²) in [6.07, 6.45) is 1.63. The largest absolute Gasteiger partial charge is 0.378 e. The molecule has 120 valence electrons. The maximum Gasteiger partial charge on any atom is 0.257 e. The fourth-order valence-electron chi connectivity index (χ4n) is 2.32. The lowest BCUT2D eigenvalue weighted by Crippen LogP contribution is -2.36. The van der Waals surface area contributed by atoms with Crippen LogP contribution in [-0.2, 0) is 4.74 Å². The van der Waals surface area contributed by atoms with E-state index < -0.39 is 0 Å². The molecule has 1 saturated heterocycles. The summed E-state index contributed by atoms with van der Waals surface area (Å²) in [6.45, 7) is 3.04. The number of pyridine rings is 1. The molecule has 1 aromatic heterocycles. The highest BCUT2D eigenvalue weighted by atomic mass is 35.5. The van der Waals surface area contributed by atoms with E-state index in [0.717, 1.165) is 18.9 Å². The molecule has 5 nitrogen and oxygen atoms in total. The van der Waals surface area contributed by atoms with Gasteiger partial charge in [-0.2, -0.15) is 0 Å². The number of hydrogen-bond donors (Lipinski definition) is 1. The molecule has 23 heavy (non-hydrogen) atoms. The number of amides is 1. The van der Waals surface area contributed by atoms with Crippen LogP contribution in [0.2, 0.25) is 10.0 Å². The lowest BCUT2D eigenvalue weighted by molar-refractivity contribution is 0.102. The van der Waals surface area contributed by atoms with Gasteiger partial charge in [-0.3, -0.25) is 4.79 Å². The number of ether oxygens (including phenoxy) is 1. The van der Waals surface area contributed by atoms with Crippen LogP contribution in [0.15, 0.2) is 36.5 Å². The molecule has 2 aromatic rings. The van der Waals surface area contributed by atoms with E-state index >= 15 is 0 Å². The zero-order valence-electron chi connectivity index (χ0n) is 12.3. The molecule has 0 bridgehead atoms. The molecule has 2 heterocycles. The van der Waals surface area contributed by atoms with Gasteiger partial charge in [-0.1, -0.05) is 29.3 Å². The summed E-state index contributed by atoms with van der Waals surface area (Å²) in [7, 11) is 0. The van der Waals surface area contributed by atoms with Gasteiger partial charge < -0.3 is 15.0 Å². The van der Waals surface area contributed by atoms with Gasteiger partial charge in [0.2, 0.25) is 0 Å². The standard InChI is InChI=1S/C16H15Cl2N3O2/c17-13-3-1-2-12(15(13)18)16(22)20-11-4-5-14(19-10-11)21-6-8-23-9-7-21/h1-5,10H,6-9H2,(H,20,22). The lowest BCUT2D eigenvalue weighted by Gasteiger charge is -2.27. The van der Waals surface area contributed by atoms with Crippen LogP contribution in [0.25, 0.3) is 0 Å². The van der Waals surface area contributed by atoms with E-state index in [9.17, 15) is 4.79 Å². The number of carbonyl (C=O) groups excluding carboxylic acids is 1. The molecule has 1 N–H and O–H groups in total. The van der Waals surface area contributed by atoms with Crippen LogP contribution >= 0.6 is 23.2 Å². The van der Waals surface area contributed by atoms with Gasteiger partial charge in [-0.05, 0) is 24.3 Å². The maximum atomic E-state index is 12.3. The van der Waals surface area contributed by atoms with Crippen molar-refractivity contribution in [2.24, 2.45) is 0 Å². The summed E-state index contributed by atoms with van der Waals surface area (Å²) in [5, 5.41) is 3.36. The fourth-order valence-corrected chi connectivity index (χ4v) is 2.70. The van der Waals surface area contributed by atoms with Crippen LogP contribution in [-0.4, -0.2) is 37.2 Å². The third-order valence-electron chi connectivity index (χ3n) is 3.54. The second-order valence-electron chi connectivity index (χ2n) is 5.06. The van der Waals surface area contributed by atoms with Gasteiger partial charge in [0.15, 0.2) is 0 Å². The van der Waals surface area contributed by atoms with E-state index in [4.69, 9.17) is 27.9 Å². The summed E-state index contributed by atoms with van der Waals surface area (Å²) in [4.78, 5) is 18.8. The van der Waals surface area contributed by atoms with Crippen LogP contribution in [0.4, 0.5) is 11.5 Å². The highest BCUT2D eigenvalue weighted by Crippen LogP contribution is 2.26. The molecule has 7 heteroatoms. The van der Waals surface area contributed by atoms with E-state index in [1.165, 1.54) is 0 Å². The number of nitrogens with zero attached hydrogens (tertiary/aromatic N) is 2. The Morgan fingerprint density at radius 1 is 1.17 bits per heavy atom. The quantitative estimate of drug-likeness (QED) is 0.919. The summed E-state index contributed by atoms with van der Waals surface area (Å²) in [6, 6.07) is 8.63. The molecule has 0 spiro atoms. The molecule has 0 radical (unpaired) electrons. The van der Waals surface area contributed by atoms with Crippen molar-refractivity contribution in [1.29, 1.82) is 0 Å². The van der Waals surface area contributed by atoms with Gasteiger partial charge in [0.1, 0.15) is 5.82 Å². The Labute approximate surface area is 144 Å². The van der Waals surface area contributed by atoms with Gasteiger partial charge in [-0.15, -0.1) is 0 Å². The molecule has 0 unspecified atom stereocenters. The number of nitrogens with one attached hydrogen (secondary N) is 1. The number of halogens is 2. The van der Waals surface area contributed by atoms with Gasteiger partial charge >= 0.3 is 0 Å². The molecule has 1 aliphatic rings. The van der Waals surface area contributed by atoms with E-state index in [0.29, 0.717) is 29.5 Å². The monoisotopic (exact) mass is 351 g/mol. The number of benzene rings is 1. The van der Waals surface area contributed by atoms with Crippen molar-refractivity contribution in [3.05, 3.63) is 52.1 Å². The van der Waals surface area contributed by atoms with Crippen molar-refractivity contribution in [1.82, 2.24) is 4.98 Å². The molecular formula is C16H15Cl2N3O2. The van der Waals surface area contributed by atoms with E-state index in [2.05, 4.69) is 15.2 Å². The third-order valence-corrected chi connectivity index (χ3v) is 4.36. The average molecular weight is 352 g/mol. The minimum atomic E-state index is -0.321. The highest BCUT2D eigenvalue weighted by Gasteiger charge is 2.14. The van der Waals surface area contributed by atoms with Crippen LogP contribution in [0.5, 0.6) is 0 Å². The van der Waals surface area contributed by atoms with Crippen molar-refractivity contribution in [3.8, 4) is 0 Å². The van der Waals surface area contributed by atoms with Crippen LogP contribution < -0.4 is 10.2 Å². The third kappa shape index (κ3) is 3.75. The first-order valence-corrected chi connectivity index (χ1v) is 7.95. The minimum absolute atomic E-state index is 0.240. The van der Waals surface area contributed by atoms with E-state index in [-0.39, 0.29) is 10.9 Å². The number of rotatable bonds is 3. The van der Waals surface area contributed by atoms with Crippen LogP contribution in [0.3, 0.4) is 0 Å². The van der Waals surface area contributed by atoms with Crippen molar-refractivity contribution in [2.45, 2.75) is 0 Å². The second-order valence-corrected chi connectivity index (χ2v) is 5.85. The Morgan fingerprint density at radius 3 is 2.65 bits per heavy atom. The normalized spacial score (nSPS) is 14.6. The van der Waals surface area contributed by atoms with Crippen LogP contribution in [0, 0.1) is 0 Å². The number of carbonyl (C=O) groups is 1. The van der Waals surface area contributed by atoms with E-state index in [1.54, 1.807) is 24.4 Å². The molecule has 1 fully saturated rings. The molecule has 0 aliphatic carbocycles. The van der Waals surface area contributed by atoms with Crippen molar-refractivity contribution >= 4 is 40.6 Å². The number of hydrogen-bond acceptors (Lipinski definition) is 4. The zero-order valence-corrected chi connectivity index (χ0v) is 13.8. The fraction of sp³-hybridized carbons (Fsp3) is 0.250. The van der Waals surface area contributed by atoms with Crippen molar-refractivity contribution in [3.63, 3.8) is 0 Å². The first-order chi connectivity index (χ1) is 11.1. The second kappa shape index (κ2) is 7.17. The van der Waals surface area contributed by atoms with Gasteiger partial charge in [0, 0.05) is 13.1 Å². The Balaban J connectivity index is 1.70. The van der Waals surface area contributed by atoms with Crippen molar-refractivity contribution < 1.29 is 9.53 Å². The summed E-state index contributed by atoms with van der Waals surface area (Å²) in [5.41, 5.74) is 0.930. The van der Waals surface area contributed by atoms with Crippen LogP contribution in [0.1, 0.15) is 10.4 Å². The van der Waals surface area contributed by atoms with Gasteiger partial charge in [-0.25, -0.2) is 4.98 Å². The first-order valence-electron chi connectivity index (χ1n) is 7.19. The molecule has 0 saturated carbocycles. The predicted molar refractivity (Wildman–Crippen MR) is 91.7 cm³/mol. The van der Waals surface area contributed by atoms with Gasteiger partial charge in [0.05, 0.1) is 40.7 Å². The molecule has 0 atom stereocenters. The molecule has 1 amide bonds. The predicted octanol–water partition coefficient (Wildman–Crippen LogP) is 3.48. The average Bonchev–Trinajstić information content (AvgIpc) is 2.59. The van der Waals surface area contributed by atoms with E-state index in [1.807, 2.05) is 12.1 Å². The molecule has 3 rings (SSSR count). The van der Waals surface area contributed by atoms with Crippen molar-refractivity contribution in [2.75, 3.05) is 36.5 Å². The highest BCUT2D eigenvalue weighted by molar-refractivity contribution is 6.44. The zero-order chi connectivity index (χ0) is 16.2. The molecular weight excluding hydrogens is 337 g/mol. The Bertz CT molecular complexity index is 701. The summed E-state index contributed by atoms with van der Waals surface area (Å²) < 4.78 is 5.32. The Kier molecular flexibility index (Phi) is 5.00. The maximum absolute atomic E-state index is 12.3. The SMILES string of the molecule is O=C(Nc1ccc(N2CCOCC2)nc1)c1cccc(Cl)c1Cl. The summed E-state index contributed by atoms with van der Waals surface area (Å²) in [5.74, 6) is 0.547. The Morgan fingerprint density at radius 2 is 1.96 bits per heavy atom. The Hall–Kier alpha value is -1.82. The smallest absolute Gasteiger partial charge is 0.257 e. The molecule has 1 aliphatic heterocycles. The number of aromatic nitrogens is 1. The number of morpholine rings is 1. The minimum Gasteiger partial charge on any atom is -0.378 e. The molecule has 1 aromatic carbocycles. The first kappa shape index (κ1) is 16.1. The topological polar surface area (TPSA) is 54.5 Å². The summed E-state index contributed by atoms with van der Waals surface area (Å²) >= 11 is 12.0. The van der Waals surface area contributed by atoms with Gasteiger partial charge in [0.25, 0.3) is 5.91 Å². The lowest BCUT2D eigenvalue weighted by atomic mass is 10.2. The number of anilines is 2.